The zero-order valence-electron chi connectivity index (χ0n) is 19.6. The second-order valence-corrected chi connectivity index (χ2v) is 9.34. The van der Waals surface area contributed by atoms with Gasteiger partial charge in [-0.2, -0.15) is 13.2 Å². The summed E-state index contributed by atoms with van der Waals surface area (Å²) in [5, 5.41) is 3.30. The Morgan fingerprint density at radius 3 is 2.33 bits per heavy atom. The molecule has 0 aromatic heterocycles. The Kier molecular flexibility index (Phi) is 5.56. The summed E-state index contributed by atoms with van der Waals surface area (Å²) in [5.41, 5.74) is 7.48. The van der Waals surface area contributed by atoms with Gasteiger partial charge in [0.2, 0.25) is 0 Å². The number of alkyl halides is 3. The van der Waals surface area contributed by atoms with Gasteiger partial charge in [-0.15, -0.1) is 0 Å². The molecule has 0 fully saturated rings. The Labute approximate surface area is 208 Å². The van der Waals surface area contributed by atoms with Crippen molar-refractivity contribution in [2.24, 2.45) is 0 Å². The van der Waals surface area contributed by atoms with Crippen LogP contribution in [0.25, 0.3) is 5.57 Å². The van der Waals surface area contributed by atoms with Crippen molar-refractivity contribution in [1.29, 1.82) is 0 Å². The van der Waals surface area contributed by atoms with Crippen molar-refractivity contribution in [3.8, 4) is 0 Å². The van der Waals surface area contributed by atoms with Gasteiger partial charge in [0, 0.05) is 34.4 Å². The molecule has 1 N–H and O–H groups in total. The fraction of sp³-hybridized carbons (Fsp3) is 0.161. The first-order valence-electron chi connectivity index (χ1n) is 12.2. The molecule has 0 radical (unpaired) electrons. The number of halogens is 3. The number of anilines is 3. The maximum absolute atomic E-state index is 13.3. The van der Waals surface area contributed by atoms with Crippen LogP contribution in [-0.4, -0.2) is 0 Å². The molecule has 1 heterocycles. The Balaban J connectivity index is 1.29. The smallest absolute Gasteiger partial charge is 0.358 e. The molecule has 0 saturated carbocycles. The van der Waals surface area contributed by atoms with Crippen LogP contribution in [0.1, 0.15) is 41.9 Å². The minimum absolute atomic E-state index is 0.0954. The number of nitrogens with zero attached hydrogens (tertiary/aromatic N) is 1. The molecule has 180 valence electrons. The molecule has 1 aliphatic heterocycles. The van der Waals surface area contributed by atoms with Crippen molar-refractivity contribution in [2.75, 3.05) is 10.2 Å². The Bertz CT molecular complexity index is 1410. The van der Waals surface area contributed by atoms with E-state index < -0.39 is 11.7 Å². The molecule has 3 aromatic rings. The first-order valence-corrected chi connectivity index (χ1v) is 12.2. The van der Waals surface area contributed by atoms with Crippen LogP contribution in [0.3, 0.4) is 0 Å². The Hall–Kier alpha value is -3.99. The van der Waals surface area contributed by atoms with Crippen LogP contribution in [-0.2, 0) is 6.18 Å². The summed E-state index contributed by atoms with van der Waals surface area (Å²) in [6, 6.07) is 22.8. The number of hydrogen-bond acceptors (Lipinski definition) is 2. The fourth-order valence-corrected chi connectivity index (χ4v) is 5.28. The molecule has 0 spiro atoms. The number of nitrogens with one attached hydrogen (secondary N) is 1. The van der Waals surface area contributed by atoms with Gasteiger partial charge in [0.25, 0.3) is 0 Å². The van der Waals surface area contributed by atoms with E-state index in [0.29, 0.717) is 12.0 Å². The molecule has 1 unspecified atom stereocenters. The van der Waals surface area contributed by atoms with Gasteiger partial charge >= 0.3 is 6.18 Å². The first kappa shape index (κ1) is 22.5. The number of fused-ring (bicyclic) bond motifs is 3. The van der Waals surface area contributed by atoms with E-state index in [1.54, 1.807) is 6.07 Å². The third-order valence-electron chi connectivity index (χ3n) is 7.09. The van der Waals surface area contributed by atoms with Crippen molar-refractivity contribution in [3.63, 3.8) is 0 Å². The summed E-state index contributed by atoms with van der Waals surface area (Å²) in [7, 11) is 0. The lowest BCUT2D eigenvalue weighted by Crippen LogP contribution is -2.17. The van der Waals surface area contributed by atoms with Crippen LogP contribution < -0.4 is 10.2 Å². The maximum Gasteiger partial charge on any atom is 0.416 e. The minimum atomic E-state index is -4.35. The average molecular weight is 483 g/mol. The molecule has 6 rings (SSSR count). The number of para-hydroxylation sites is 1. The molecule has 0 bridgehead atoms. The zero-order chi connectivity index (χ0) is 24.7. The van der Waals surface area contributed by atoms with E-state index in [1.807, 2.05) is 24.3 Å². The quantitative estimate of drug-likeness (QED) is 0.399. The highest BCUT2D eigenvalue weighted by Gasteiger charge is 2.35. The lowest BCUT2D eigenvalue weighted by Gasteiger charge is -2.29. The summed E-state index contributed by atoms with van der Waals surface area (Å²) < 4.78 is 40.0. The van der Waals surface area contributed by atoms with E-state index in [-0.39, 0.29) is 5.92 Å². The van der Waals surface area contributed by atoms with Gasteiger partial charge in [-0.1, -0.05) is 48.6 Å². The van der Waals surface area contributed by atoms with E-state index in [1.165, 1.54) is 11.8 Å². The largest absolute Gasteiger partial charge is 0.416 e. The maximum atomic E-state index is 13.3. The highest BCUT2D eigenvalue weighted by molar-refractivity contribution is 5.78. The van der Waals surface area contributed by atoms with Crippen LogP contribution in [0.15, 0.2) is 115 Å². The van der Waals surface area contributed by atoms with Crippen LogP contribution >= 0.6 is 0 Å². The highest BCUT2D eigenvalue weighted by atomic mass is 19.4. The van der Waals surface area contributed by atoms with Crippen LogP contribution in [0.4, 0.5) is 30.2 Å². The summed E-state index contributed by atoms with van der Waals surface area (Å²) in [4.78, 5) is 2.29. The van der Waals surface area contributed by atoms with Gasteiger partial charge in [-0.05, 0) is 90.6 Å². The van der Waals surface area contributed by atoms with E-state index in [0.717, 1.165) is 52.8 Å². The SMILES string of the molecule is FC(F)(F)c1ccc2c(c1)C1CC(c3ccc(N(C4=CC=CCC4)c4ccccc4)cc3)=CC=C1N2. The molecule has 3 aromatic carbocycles. The van der Waals surface area contributed by atoms with Gasteiger partial charge in [-0.3, -0.25) is 0 Å². The molecule has 3 aliphatic rings. The lowest BCUT2D eigenvalue weighted by atomic mass is 9.84. The van der Waals surface area contributed by atoms with Gasteiger partial charge in [0.05, 0.1) is 5.56 Å². The Morgan fingerprint density at radius 2 is 1.61 bits per heavy atom. The second-order valence-electron chi connectivity index (χ2n) is 9.34. The fourth-order valence-electron chi connectivity index (χ4n) is 5.28. The topological polar surface area (TPSA) is 15.3 Å². The third kappa shape index (κ3) is 4.15. The molecule has 0 saturated heterocycles. The van der Waals surface area contributed by atoms with E-state index >= 15 is 0 Å². The molecule has 36 heavy (non-hydrogen) atoms. The van der Waals surface area contributed by atoms with Crippen molar-refractivity contribution in [3.05, 3.63) is 131 Å². The lowest BCUT2D eigenvalue weighted by molar-refractivity contribution is -0.137. The van der Waals surface area contributed by atoms with Crippen molar-refractivity contribution in [2.45, 2.75) is 31.4 Å². The van der Waals surface area contributed by atoms with E-state index in [4.69, 9.17) is 0 Å². The number of allylic oxidation sites excluding steroid dienone is 8. The van der Waals surface area contributed by atoms with Gasteiger partial charge < -0.3 is 10.2 Å². The summed E-state index contributed by atoms with van der Waals surface area (Å²) >= 11 is 0. The van der Waals surface area contributed by atoms with Crippen LogP contribution in [0.2, 0.25) is 0 Å². The molecule has 2 aliphatic carbocycles. The first-order chi connectivity index (χ1) is 17.5. The van der Waals surface area contributed by atoms with Crippen molar-refractivity contribution >= 4 is 22.6 Å². The molecular weight excluding hydrogens is 457 g/mol. The van der Waals surface area contributed by atoms with Crippen molar-refractivity contribution < 1.29 is 13.2 Å². The molecule has 5 heteroatoms. The summed E-state index contributed by atoms with van der Waals surface area (Å²) in [6.45, 7) is 0. The predicted octanol–water partition coefficient (Wildman–Crippen LogP) is 8.96. The summed E-state index contributed by atoms with van der Waals surface area (Å²) in [5.74, 6) is -0.0954. The van der Waals surface area contributed by atoms with Crippen molar-refractivity contribution in [1.82, 2.24) is 0 Å². The van der Waals surface area contributed by atoms with E-state index in [2.05, 4.69) is 70.9 Å². The predicted molar refractivity (Wildman–Crippen MR) is 140 cm³/mol. The average Bonchev–Trinajstić information content (AvgIpc) is 3.27. The van der Waals surface area contributed by atoms with Crippen LogP contribution in [0, 0.1) is 0 Å². The van der Waals surface area contributed by atoms with Gasteiger partial charge in [0.1, 0.15) is 0 Å². The monoisotopic (exact) mass is 482 g/mol. The normalized spacial score (nSPS) is 18.4. The van der Waals surface area contributed by atoms with Crippen LogP contribution in [0.5, 0.6) is 0 Å². The zero-order valence-corrected chi connectivity index (χ0v) is 19.6. The molecule has 1 atom stereocenters. The van der Waals surface area contributed by atoms with Gasteiger partial charge in [-0.25, -0.2) is 0 Å². The highest BCUT2D eigenvalue weighted by Crippen LogP contribution is 2.47. The van der Waals surface area contributed by atoms with E-state index in [9.17, 15) is 13.2 Å². The molecule has 2 nitrogen and oxygen atoms in total. The number of benzene rings is 3. The second kappa shape index (κ2) is 8.90. The van der Waals surface area contributed by atoms with Gasteiger partial charge in [0.15, 0.2) is 0 Å². The standard InChI is InChI=1S/C31H25F3N2/c32-31(33,34)23-14-18-30-28(20-23)27-19-22(13-17-29(27)35-30)21-11-15-26(16-12-21)36(24-7-3-1-4-8-24)25-9-5-2-6-10-25/h1-5,7-9,11-18,20,27,35H,6,10,19H2. The molecule has 0 amide bonds. The minimum Gasteiger partial charge on any atom is -0.358 e. The molecular formula is C31H25F3N2. The number of hydrogen-bond donors (Lipinski definition) is 1. The number of rotatable bonds is 4. The third-order valence-corrected chi connectivity index (χ3v) is 7.09. The Morgan fingerprint density at radius 1 is 0.833 bits per heavy atom. The summed E-state index contributed by atoms with van der Waals surface area (Å²) in [6.07, 6.45) is 8.83.